The maximum absolute atomic E-state index is 14.0. The van der Waals surface area contributed by atoms with E-state index in [0.717, 1.165) is 17.7 Å². The van der Waals surface area contributed by atoms with Crippen LogP contribution < -0.4 is 0 Å². The number of hydrogen-bond acceptors (Lipinski definition) is 2. The van der Waals surface area contributed by atoms with Crippen LogP contribution >= 0.6 is 0 Å². The molecule has 2 aliphatic rings. The van der Waals surface area contributed by atoms with Crippen LogP contribution in [-0.2, 0) is 16.0 Å². The van der Waals surface area contributed by atoms with E-state index in [4.69, 9.17) is 0 Å². The standard InChI is InChI=1S/C22H21F2NO2/c1-25-12-18(15-4-2-3-14(9-15)13-5-6-13)21(22(25)27)20(26)10-16-7-8-17(23)11-19(16)24/h2-4,7-9,11,13,18,21H,5-6,10,12H2,1H3/t18-,21+/m1/s1. The van der Waals surface area contributed by atoms with E-state index in [9.17, 15) is 18.4 Å². The lowest BCUT2D eigenvalue weighted by Gasteiger charge is -2.17. The van der Waals surface area contributed by atoms with Crippen molar-refractivity contribution >= 4 is 11.7 Å². The molecule has 0 N–H and O–H groups in total. The highest BCUT2D eigenvalue weighted by atomic mass is 19.1. The summed E-state index contributed by atoms with van der Waals surface area (Å²) in [4.78, 5) is 27.1. The molecule has 0 unspecified atom stereocenters. The molecule has 2 atom stereocenters. The van der Waals surface area contributed by atoms with Gasteiger partial charge in [-0.15, -0.1) is 0 Å². The number of carbonyl (C=O) groups excluding carboxylic acids is 2. The summed E-state index contributed by atoms with van der Waals surface area (Å²) in [6.07, 6.45) is 2.15. The molecule has 1 aliphatic heterocycles. The van der Waals surface area contributed by atoms with Gasteiger partial charge in [-0.1, -0.05) is 30.3 Å². The number of benzene rings is 2. The van der Waals surface area contributed by atoms with E-state index in [1.165, 1.54) is 24.5 Å². The van der Waals surface area contributed by atoms with Crippen LogP contribution in [0.5, 0.6) is 0 Å². The topological polar surface area (TPSA) is 37.4 Å². The second kappa shape index (κ2) is 6.87. The van der Waals surface area contributed by atoms with Gasteiger partial charge >= 0.3 is 0 Å². The number of ketones is 1. The fourth-order valence-electron chi connectivity index (χ4n) is 3.98. The zero-order chi connectivity index (χ0) is 19.1. The Morgan fingerprint density at radius 2 is 1.85 bits per heavy atom. The average molecular weight is 369 g/mol. The molecule has 0 spiro atoms. The van der Waals surface area contributed by atoms with Crippen molar-refractivity contribution < 1.29 is 18.4 Å². The average Bonchev–Trinajstić information content (AvgIpc) is 3.44. The monoisotopic (exact) mass is 369 g/mol. The van der Waals surface area contributed by atoms with Gasteiger partial charge in [0.25, 0.3) is 0 Å². The zero-order valence-electron chi connectivity index (χ0n) is 15.1. The first-order valence-corrected chi connectivity index (χ1v) is 9.25. The molecule has 140 valence electrons. The Morgan fingerprint density at radius 3 is 2.56 bits per heavy atom. The first-order chi connectivity index (χ1) is 12.9. The number of rotatable bonds is 5. The normalized spacial score (nSPS) is 22.3. The molecule has 1 amide bonds. The van der Waals surface area contributed by atoms with Crippen molar-refractivity contribution in [1.82, 2.24) is 4.90 Å². The van der Waals surface area contributed by atoms with Gasteiger partial charge in [-0.25, -0.2) is 8.78 Å². The first-order valence-electron chi connectivity index (χ1n) is 9.25. The molecule has 2 aromatic rings. The van der Waals surface area contributed by atoms with Crippen LogP contribution in [0.15, 0.2) is 42.5 Å². The molecule has 4 rings (SSSR count). The van der Waals surface area contributed by atoms with E-state index in [0.29, 0.717) is 12.5 Å². The van der Waals surface area contributed by atoms with Crippen LogP contribution in [-0.4, -0.2) is 30.2 Å². The molecule has 1 saturated heterocycles. The van der Waals surface area contributed by atoms with Crippen molar-refractivity contribution in [2.75, 3.05) is 13.6 Å². The molecular formula is C22H21F2NO2. The van der Waals surface area contributed by atoms with Crippen molar-refractivity contribution in [2.45, 2.75) is 31.1 Å². The lowest BCUT2D eigenvalue weighted by molar-refractivity contribution is -0.136. The highest BCUT2D eigenvalue weighted by Gasteiger charge is 2.44. The van der Waals surface area contributed by atoms with Crippen LogP contribution in [0.2, 0.25) is 0 Å². The van der Waals surface area contributed by atoms with Gasteiger partial charge in [0.15, 0.2) is 0 Å². The van der Waals surface area contributed by atoms with Crippen molar-refractivity contribution in [3.05, 3.63) is 70.8 Å². The third-order valence-corrected chi connectivity index (χ3v) is 5.63. The molecule has 2 fully saturated rings. The summed E-state index contributed by atoms with van der Waals surface area (Å²) < 4.78 is 27.1. The van der Waals surface area contributed by atoms with Crippen LogP contribution in [0, 0.1) is 17.6 Å². The molecule has 0 radical (unpaired) electrons. The zero-order valence-corrected chi connectivity index (χ0v) is 15.1. The molecule has 0 aromatic heterocycles. The summed E-state index contributed by atoms with van der Waals surface area (Å²) in [5, 5.41) is 0. The molecule has 27 heavy (non-hydrogen) atoms. The van der Waals surface area contributed by atoms with E-state index in [2.05, 4.69) is 12.1 Å². The summed E-state index contributed by atoms with van der Waals surface area (Å²) in [6.45, 7) is 0.468. The van der Waals surface area contributed by atoms with Gasteiger partial charge in [-0.2, -0.15) is 0 Å². The minimum absolute atomic E-state index is 0.120. The molecule has 5 heteroatoms. The van der Waals surface area contributed by atoms with Crippen LogP contribution in [0.25, 0.3) is 0 Å². The van der Waals surface area contributed by atoms with E-state index < -0.39 is 17.6 Å². The Balaban J connectivity index is 1.61. The van der Waals surface area contributed by atoms with Crippen molar-refractivity contribution in [2.24, 2.45) is 5.92 Å². The maximum atomic E-state index is 14.0. The van der Waals surface area contributed by atoms with Gasteiger partial charge < -0.3 is 4.90 Å². The Hall–Kier alpha value is -2.56. The number of halogens is 2. The lowest BCUT2D eigenvalue weighted by Crippen LogP contribution is -2.29. The molecule has 1 saturated carbocycles. The maximum Gasteiger partial charge on any atom is 0.233 e. The third kappa shape index (κ3) is 3.51. The quantitative estimate of drug-likeness (QED) is 0.752. The number of likely N-dealkylation sites (N-methyl/N-ethyl adjacent to an activating group) is 1. The van der Waals surface area contributed by atoms with Crippen molar-refractivity contribution in [3.63, 3.8) is 0 Å². The smallest absolute Gasteiger partial charge is 0.233 e. The summed E-state index contributed by atoms with van der Waals surface area (Å²) in [7, 11) is 1.69. The predicted octanol–water partition coefficient (Wildman–Crippen LogP) is 3.83. The van der Waals surface area contributed by atoms with Gasteiger partial charge in [-0.3, -0.25) is 9.59 Å². The Bertz CT molecular complexity index is 907. The fourth-order valence-corrected chi connectivity index (χ4v) is 3.98. The van der Waals surface area contributed by atoms with Gasteiger partial charge in [0.1, 0.15) is 23.3 Å². The number of likely N-dealkylation sites (tertiary alicyclic amines) is 1. The van der Waals surface area contributed by atoms with E-state index >= 15 is 0 Å². The number of carbonyl (C=O) groups is 2. The number of amides is 1. The van der Waals surface area contributed by atoms with E-state index in [1.807, 2.05) is 12.1 Å². The Kier molecular flexibility index (Phi) is 4.54. The second-order valence-corrected chi connectivity index (χ2v) is 7.63. The predicted molar refractivity (Wildman–Crippen MR) is 97.4 cm³/mol. The molecule has 0 bridgehead atoms. The second-order valence-electron chi connectivity index (χ2n) is 7.63. The molecular weight excluding hydrogens is 348 g/mol. The SMILES string of the molecule is CN1C[C@H](c2cccc(C3CC3)c2)[C@@H](C(=O)Cc2ccc(F)cc2F)C1=O. The summed E-state index contributed by atoms with van der Waals surface area (Å²) in [5.74, 6) is -2.47. The Labute approximate surface area is 157 Å². The summed E-state index contributed by atoms with van der Waals surface area (Å²) in [5.41, 5.74) is 2.36. The summed E-state index contributed by atoms with van der Waals surface area (Å²) in [6, 6.07) is 11.3. The van der Waals surface area contributed by atoms with Crippen molar-refractivity contribution in [3.8, 4) is 0 Å². The fraction of sp³-hybridized carbons (Fsp3) is 0.364. The van der Waals surface area contributed by atoms with E-state index in [1.54, 1.807) is 11.9 Å². The molecule has 1 aliphatic carbocycles. The van der Waals surface area contributed by atoms with Gasteiger partial charge in [0.05, 0.1) is 0 Å². The highest BCUT2D eigenvalue weighted by Crippen LogP contribution is 2.42. The number of nitrogens with zero attached hydrogens (tertiary/aromatic N) is 1. The molecule has 3 nitrogen and oxygen atoms in total. The van der Waals surface area contributed by atoms with Gasteiger partial charge in [-0.05, 0) is 41.5 Å². The van der Waals surface area contributed by atoms with Crippen LogP contribution in [0.3, 0.4) is 0 Å². The minimum atomic E-state index is -0.825. The minimum Gasteiger partial charge on any atom is -0.344 e. The molecule has 1 heterocycles. The van der Waals surface area contributed by atoms with Crippen LogP contribution in [0.4, 0.5) is 8.78 Å². The highest BCUT2D eigenvalue weighted by molar-refractivity contribution is 6.04. The first kappa shape index (κ1) is 17.8. The summed E-state index contributed by atoms with van der Waals surface area (Å²) >= 11 is 0. The Morgan fingerprint density at radius 1 is 1.11 bits per heavy atom. The van der Waals surface area contributed by atoms with Gasteiger partial charge in [0, 0.05) is 32.0 Å². The lowest BCUT2D eigenvalue weighted by atomic mass is 9.83. The number of hydrogen-bond donors (Lipinski definition) is 0. The van der Waals surface area contributed by atoms with E-state index in [-0.39, 0.29) is 29.6 Å². The van der Waals surface area contributed by atoms with Gasteiger partial charge in [0.2, 0.25) is 5.91 Å². The van der Waals surface area contributed by atoms with Crippen LogP contribution in [0.1, 0.15) is 41.4 Å². The number of Topliss-reactive ketones (excluding diaryl/α,β-unsaturated/α-hetero) is 1. The third-order valence-electron chi connectivity index (χ3n) is 5.63. The largest absolute Gasteiger partial charge is 0.344 e. The molecule has 2 aromatic carbocycles. The van der Waals surface area contributed by atoms with Crippen molar-refractivity contribution in [1.29, 1.82) is 0 Å².